The minimum atomic E-state index is 0.613. The third-order valence-corrected chi connectivity index (χ3v) is 2.94. The highest BCUT2D eigenvalue weighted by atomic mass is 15.3. The molecule has 0 aliphatic rings. The third-order valence-electron chi connectivity index (χ3n) is 2.94. The first-order valence-electron chi connectivity index (χ1n) is 6.64. The predicted molar refractivity (Wildman–Crippen MR) is 84.2 cm³/mol. The van der Waals surface area contributed by atoms with E-state index in [9.17, 15) is 0 Å². The molecule has 0 unspecified atom stereocenters. The predicted octanol–water partition coefficient (Wildman–Crippen LogP) is 3.34. The zero-order chi connectivity index (χ0) is 14.3. The molecule has 21 heavy (non-hydrogen) atoms. The number of anilines is 1. The second-order valence-corrected chi connectivity index (χ2v) is 4.39. The van der Waals surface area contributed by atoms with Gasteiger partial charge in [-0.2, -0.15) is 5.10 Å². The summed E-state index contributed by atoms with van der Waals surface area (Å²) in [6.07, 6.45) is 4.89. The molecule has 3 rings (SSSR count). The smallest absolute Gasteiger partial charge is 0.164 e. The van der Waals surface area contributed by atoms with Gasteiger partial charge in [0.25, 0.3) is 0 Å². The van der Waals surface area contributed by atoms with Crippen molar-refractivity contribution in [2.75, 3.05) is 5.43 Å². The van der Waals surface area contributed by atoms with E-state index in [0.29, 0.717) is 5.82 Å². The number of benzene rings is 2. The first kappa shape index (κ1) is 13.0. The Morgan fingerprint density at radius 3 is 1.95 bits per heavy atom. The topological polar surface area (TPSA) is 50.2 Å². The van der Waals surface area contributed by atoms with Crippen molar-refractivity contribution in [1.82, 2.24) is 9.97 Å². The van der Waals surface area contributed by atoms with Gasteiger partial charge >= 0.3 is 0 Å². The number of rotatable bonds is 4. The van der Waals surface area contributed by atoms with Gasteiger partial charge in [-0.05, 0) is 0 Å². The lowest BCUT2D eigenvalue weighted by Crippen LogP contribution is -2.07. The van der Waals surface area contributed by atoms with E-state index in [4.69, 9.17) is 0 Å². The van der Waals surface area contributed by atoms with Crippen LogP contribution in [0.25, 0.3) is 0 Å². The molecule has 4 heteroatoms. The van der Waals surface area contributed by atoms with Gasteiger partial charge in [0.2, 0.25) is 0 Å². The van der Waals surface area contributed by atoms with E-state index in [1.807, 2.05) is 60.7 Å². The molecule has 2 aromatic carbocycles. The molecule has 0 saturated carbocycles. The van der Waals surface area contributed by atoms with Gasteiger partial charge in [-0.25, -0.2) is 4.98 Å². The highest BCUT2D eigenvalue weighted by Crippen LogP contribution is 2.11. The number of hydrogen-bond donors (Lipinski definition) is 1. The molecule has 0 bridgehead atoms. The Hall–Kier alpha value is -3.01. The molecule has 0 radical (unpaired) electrons. The highest BCUT2D eigenvalue weighted by molar-refractivity contribution is 6.13. The quantitative estimate of drug-likeness (QED) is 0.586. The number of nitrogens with zero attached hydrogens (tertiary/aromatic N) is 3. The summed E-state index contributed by atoms with van der Waals surface area (Å²) in [5.41, 5.74) is 5.90. The Morgan fingerprint density at radius 2 is 1.43 bits per heavy atom. The molecule has 4 nitrogen and oxygen atoms in total. The van der Waals surface area contributed by atoms with Gasteiger partial charge in [0.15, 0.2) is 5.82 Å². The molecule has 3 aromatic rings. The first-order valence-corrected chi connectivity index (χ1v) is 6.64. The first-order chi connectivity index (χ1) is 10.4. The van der Waals surface area contributed by atoms with E-state index in [0.717, 1.165) is 16.8 Å². The lowest BCUT2D eigenvalue weighted by Gasteiger charge is -2.07. The summed E-state index contributed by atoms with van der Waals surface area (Å²) in [7, 11) is 0. The van der Waals surface area contributed by atoms with Crippen LogP contribution in [0.5, 0.6) is 0 Å². The Morgan fingerprint density at radius 1 is 0.810 bits per heavy atom. The maximum absolute atomic E-state index is 4.50. The lowest BCUT2D eigenvalue weighted by atomic mass is 10.0. The molecule has 0 aliphatic heterocycles. The molecule has 0 fully saturated rings. The normalized spacial score (nSPS) is 9.90. The van der Waals surface area contributed by atoms with Crippen LogP contribution >= 0.6 is 0 Å². The van der Waals surface area contributed by atoms with E-state index >= 15 is 0 Å². The molecule has 0 saturated heterocycles. The maximum Gasteiger partial charge on any atom is 0.164 e. The van der Waals surface area contributed by atoms with Crippen molar-refractivity contribution in [2.24, 2.45) is 5.10 Å². The van der Waals surface area contributed by atoms with Crippen LogP contribution in [-0.4, -0.2) is 15.7 Å². The SMILES string of the molecule is c1ccc(C(=NNc2cnccn2)c2ccccc2)cc1. The molecule has 0 spiro atoms. The fraction of sp³-hybridized carbons (Fsp3) is 0. The Balaban J connectivity index is 1.97. The molecule has 0 amide bonds. The van der Waals surface area contributed by atoms with Crippen molar-refractivity contribution in [1.29, 1.82) is 0 Å². The van der Waals surface area contributed by atoms with Crippen LogP contribution in [0.3, 0.4) is 0 Å². The van der Waals surface area contributed by atoms with Crippen molar-refractivity contribution in [3.63, 3.8) is 0 Å². The average Bonchev–Trinajstić information content (AvgIpc) is 2.58. The van der Waals surface area contributed by atoms with Crippen molar-refractivity contribution in [3.8, 4) is 0 Å². The second-order valence-electron chi connectivity index (χ2n) is 4.39. The standard InChI is InChI=1S/C17H14N4/c1-3-7-14(8-4-1)17(15-9-5-2-6-10-15)21-20-16-13-18-11-12-19-16/h1-13H,(H,19,20). The summed E-state index contributed by atoms with van der Waals surface area (Å²) in [6.45, 7) is 0. The monoisotopic (exact) mass is 274 g/mol. The van der Waals surface area contributed by atoms with E-state index < -0.39 is 0 Å². The van der Waals surface area contributed by atoms with E-state index in [-0.39, 0.29) is 0 Å². The molecular formula is C17H14N4. The third kappa shape index (κ3) is 3.30. The van der Waals surface area contributed by atoms with Crippen molar-refractivity contribution < 1.29 is 0 Å². The van der Waals surface area contributed by atoms with Crippen LogP contribution in [0.1, 0.15) is 11.1 Å². The van der Waals surface area contributed by atoms with Gasteiger partial charge in [0, 0.05) is 23.5 Å². The van der Waals surface area contributed by atoms with Crippen LogP contribution in [0.2, 0.25) is 0 Å². The van der Waals surface area contributed by atoms with Gasteiger partial charge in [-0.1, -0.05) is 60.7 Å². The molecule has 1 aromatic heterocycles. The Labute approximate surface area is 123 Å². The minimum Gasteiger partial charge on any atom is -0.259 e. The van der Waals surface area contributed by atoms with Gasteiger partial charge < -0.3 is 0 Å². The molecular weight excluding hydrogens is 260 g/mol. The lowest BCUT2D eigenvalue weighted by molar-refractivity contribution is 1.15. The largest absolute Gasteiger partial charge is 0.259 e. The van der Waals surface area contributed by atoms with E-state index in [1.54, 1.807) is 18.6 Å². The van der Waals surface area contributed by atoms with Gasteiger partial charge in [-0.15, -0.1) is 0 Å². The number of hydrazone groups is 1. The summed E-state index contributed by atoms with van der Waals surface area (Å²) in [4.78, 5) is 8.17. The Kier molecular flexibility index (Phi) is 3.98. The van der Waals surface area contributed by atoms with E-state index in [2.05, 4.69) is 20.5 Å². The fourth-order valence-corrected chi connectivity index (χ4v) is 1.96. The summed E-state index contributed by atoms with van der Waals surface area (Å²) in [6, 6.07) is 20.1. The van der Waals surface area contributed by atoms with Crippen molar-refractivity contribution >= 4 is 11.5 Å². The molecule has 1 N–H and O–H groups in total. The maximum atomic E-state index is 4.50. The van der Waals surface area contributed by atoms with Crippen LogP contribution in [-0.2, 0) is 0 Å². The number of aromatic nitrogens is 2. The molecule has 1 heterocycles. The van der Waals surface area contributed by atoms with Crippen LogP contribution < -0.4 is 5.43 Å². The summed E-state index contributed by atoms with van der Waals surface area (Å²) >= 11 is 0. The Bertz CT molecular complexity index is 668. The number of hydrogen-bond acceptors (Lipinski definition) is 4. The molecule has 0 atom stereocenters. The van der Waals surface area contributed by atoms with E-state index in [1.165, 1.54) is 0 Å². The van der Waals surface area contributed by atoms with Crippen LogP contribution in [0.4, 0.5) is 5.82 Å². The zero-order valence-corrected chi connectivity index (χ0v) is 11.3. The highest BCUT2D eigenvalue weighted by Gasteiger charge is 2.06. The average molecular weight is 274 g/mol. The minimum absolute atomic E-state index is 0.613. The number of nitrogens with one attached hydrogen (secondary N) is 1. The molecule has 102 valence electrons. The summed E-state index contributed by atoms with van der Waals surface area (Å²) < 4.78 is 0. The van der Waals surface area contributed by atoms with Crippen LogP contribution in [0, 0.1) is 0 Å². The summed E-state index contributed by atoms with van der Waals surface area (Å²) in [5, 5.41) is 4.50. The van der Waals surface area contributed by atoms with Gasteiger partial charge in [0.05, 0.1) is 11.9 Å². The van der Waals surface area contributed by atoms with Gasteiger partial charge in [-0.3, -0.25) is 10.4 Å². The van der Waals surface area contributed by atoms with Crippen molar-refractivity contribution in [2.45, 2.75) is 0 Å². The fourth-order valence-electron chi connectivity index (χ4n) is 1.96. The second kappa shape index (κ2) is 6.43. The van der Waals surface area contributed by atoms with Crippen LogP contribution in [0.15, 0.2) is 84.4 Å². The zero-order valence-electron chi connectivity index (χ0n) is 11.3. The molecule has 0 aliphatic carbocycles. The summed E-state index contributed by atoms with van der Waals surface area (Å²) in [5.74, 6) is 0.613. The van der Waals surface area contributed by atoms with Crippen molar-refractivity contribution in [3.05, 3.63) is 90.4 Å². The van der Waals surface area contributed by atoms with Gasteiger partial charge in [0.1, 0.15) is 0 Å².